The summed E-state index contributed by atoms with van der Waals surface area (Å²) in [6, 6.07) is 15.6. The van der Waals surface area contributed by atoms with Gasteiger partial charge < -0.3 is 25.3 Å². The van der Waals surface area contributed by atoms with Gasteiger partial charge in [-0.2, -0.15) is 0 Å². The summed E-state index contributed by atoms with van der Waals surface area (Å²) < 4.78 is 6.99. The molecule has 0 bridgehead atoms. The van der Waals surface area contributed by atoms with Crippen LogP contribution < -0.4 is 21.5 Å². The average molecular weight is 428 g/mol. The van der Waals surface area contributed by atoms with Crippen molar-refractivity contribution in [1.82, 2.24) is 14.5 Å². The lowest BCUT2D eigenvalue weighted by Gasteiger charge is -2.28. The number of benzene rings is 1. The van der Waals surface area contributed by atoms with E-state index in [1.807, 2.05) is 30.3 Å². The van der Waals surface area contributed by atoms with Gasteiger partial charge in [-0.05, 0) is 53.9 Å². The van der Waals surface area contributed by atoms with Crippen LogP contribution in [-0.2, 0) is 11.8 Å². The van der Waals surface area contributed by atoms with Crippen molar-refractivity contribution in [2.75, 3.05) is 42.3 Å². The summed E-state index contributed by atoms with van der Waals surface area (Å²) in [6.07, 6.45) is 3.45. The Kier molecular flexibility index (Phi) is 5.20. The summed E-state index contributed by atoms with van der Waals surface area (Å²) in [6.45, 7) is 3.25. The van der Waals surface area contributed by atoms with E-state index >= 15 is 0 Å². The molecule has 1 aliphatic rings. The molecule has 0 aliphatic carbocycles. The fourth-order valence-electron chi connectivity index (χ4n) is 3.87. The van der Waals surface area contributed by atoms with E-state index in [4.69, 9.17) is 15.5 Å². The van der Waals surface area contributed by atoms with Gasteiger partial charge in [0, 0.05) is 49.5 Å². The van der Waals surface area contributed by atoms with Crippen molar-refractivity contribution >= 4 is 33.8 Å². The Morgan fingerprint density at radius 1 is 1.06 bits per heavy atom. The molecule has 1 aliphatic heterocycles. The average Bonchev–Trinajstić information content (AvgIpc) is 2.83. The molecule has 32 heavy (non-hydrogen) atoms. The van der Waals surface area contributed by atoms with Crippen molar-refractivity contribution in [3.05, 3.63) is 71.3 Å². The zero-order chi connectivity index (χ0) is 22.1. The van der Waals surface area contributed by atoms with E-state index < -0.39 is 0 Å². The number of rotatable bonds is 4. The third-order valence-corrected chi connectivity index (χ3v) is 5.65. The second-order valence-electron chi connectivity index (χ2n) is 7.80. The number of fused-ring (bicyclic) bond motifs is 1. The van der Waals surface area contributed by atoms with Crippen molar-refractivity contribution in [2.45, 2.75) is 0 Å². The van der Waals surface area contributed by atoms with Gasteiger partial charge in [0.05, 0.1) is 24.3 Å². The molecular weight excluding hydrogens is 404 g/mol. The Morgan fingerprint density at radius 3 is 2.56 bits per heavy atom. The van der Waals surface area contributed by atoms with Crippen LogP contribution in [0.4, 0.5) is 23.0 Å². The number of aryl methyl sites for hydroxylation is 1. The van der Waals surface area contributed by atoms with E-state index in [0.29, 0.717) is 22.7 Å². The van der Waals surface area contributed by atoms with Crippen LogP contribution in [0.5, 0.6) is 0 Å². The normalized spacial score (nSPS) is 14.0. The number of hydrogen-bond acceptors (Lipinski definition) is 7. The van der Waals surface area contributed by atoms with Crippen molar-refractivity contribution in [3.8, 4) is 11.3 Å². The molecule has 3 aromatic heterocycles. The summed E-state index contributed by atoms with van der Waals surface area (Å²) in [5, 5.41) is 4.70. The number of ether oxygens (including phenoxy) is 1. The Balaban J connectivity index is 1.55. The van der Waals surface area contributed by atoms with Crippen molar-refractivity contribution < 1.29 is 4.74 Å². The molecule has 4 aromatic rings. The van der Waals surface area contributed by atoms with E-state index in [1.165, 1.54) is 0 Å². The molecule has 162 valence electrons. The molecule has 0 spiro atoms. The summed E-state index contributed by atoms with van der Waals surface area (Å²) in [5.41, 5.74) is 9.17. The number of nitrogen functional groups attached to an aromatic ring is 1. The lowest BCUT2D eigenvalue weighted by atomic mass is 10.1. The summed E-state index contributed by atoms with van der Waals surface area (Å²) >= 11 is 0. The largest absolute Gasteiger partial charge is 0.384 e. The quantitative estimate of drug-likeness (QED) is 0.515. The first-order valence-electron chi connectivity index (χ1n) is 10.5. The number of anilines is 4. The Hall–Kier alpha value is -3.91. The second kappa shape index (κ2) is 8.32. The van der Waals surface area contributed by atoms with Crippen LogP contribution in [0.2, 0.25) is 0 Å². The molecule has 1 aromatic carbocycles. The summed E-state index contributed by atoms with van der Waals surface area (Å²) in [5.74, 6) is 0.955. The van der Waals surface area contributed by atoms with E-state index in [-0.39, 0.29) is 5.56 Å². The molecular formula is C24H24N6O2. The third-order valence-electron chi connectivity index (χ3n) is 5.65. The molecule has 8 heteroatoms. The highest BCUT2D eigenvalue weighted by Gasteiger charge is 2.14. The number of pyridine rings is 3. The van der Waals surface area contributed by atoms with Gasteiger partial charge in [-0.15, -0.1) is 0 Å². The molecule has 1 fully saturated rings. The maximum atomic E-state index is 12.9. The lowest BCUT2D eigenvalue weighted by molar-refractivity contribution is 0.122. The van der Waals surface area contributed by atoms with Crippen molar-refractivity contribution in [2.24, 2.45) is 7.05 Å². The summed E-state index contributed by atoms with van der Waals surface area (Å²) in [4.78, 5) is 24.2. The van der Waals surface area contributed by atoms with E-state index in [9.17, 15) is 4.79 Å². The molecule has 0 amide bonds. The Morgan fingerprint density at radius 2 is 1.84 bits per heavy atom. The minimum absolute atomic E-state index is 0.107. The minimum atomic E-state index is -0.107. The first-order valence-corrected chi connectivity index (χ1v) is 10.5. The third kappa shape index (κ3) is 3.88. The standard InChI is InChI=1S/C24H24N6O2/c1-29-9-8-16-14-20(17-2-7-21(25)26-15-17)28-23(22(16)24(29)31)27-18-3-5-19(6-4-18)30-10-12-32-13-11-30/h2-9,14-15H,10-13H2,1H3,(H2,25,26)(H,27,28). The van der Waals surface area contributed by atoms with Gasteiger partial charge in [-0.1, -0.05) is 0 Å². The van der Waals surface area contributed by atoms with E-state index in [0.717, 1.165) is 48.6 Å². The van der Waals surface area contributed by atoms with Crippen LogP contribution in [-0.4, -0.2) is 40.8 Å². The zero-order valence-electron chi connectivity index (χ0n) is 17.8. The fourth-order valence-corrected chi connectivity index (χ4v) is 3.87. The zero-order valence-corrected chi connectivity index (χ0v) is 17.8. The predicted molar refractivity (Wildman–Crippen MR) is 127 cm³/mol. The van der Waals surface area contributed by atoms with Crippen LogP contribution in [0.1, 0.15) is 0 Å². The van der Waals surface area contributed by atoms with Gasteiger partial charge in [0.15, 0.2) is 0 Å². The van der Waals surface area contributed by atoms with Crippen LogP contribution in [0.15, 0.2) is 65.7 Å². The van der Waals surface area contributed by atoms with Gasteiger partial charge >= 0.3 is 0 Å². The number of hydrogen-bond donors (Lipinski definition) is 2. The number of nitrogens with two attached hydrogens (primary N) is 1. The lowest BCUT2D eigenvalue weighted by Crippen LogP contribution is -2.36. The maximum absolute atomic E-state index is 12.9. The van der Waals surface area contributed by atoms with Gasteiger partial charge in [0.25, 0.3) is 5.56 Å². The monoisotopic (exact) mass is 428 g/mol. The van der Waals surface area contributed by atoms with Crippen molar-refractivity contribution in [3.63, 3.8) is 0 Å². The van der Waals surface area contributed by atoms with Crippen LogP contribution in [0.3, 0.4) is 0 Å². The first kappa shape index (κ1) is 20.0. The molecule has 3 N–H and O–H groups in total. The van der Waals surface area contributed by atoms with Gasteiger partial charge in [0.1, 0.15) is 11.6 Å². The number of nitrogens with zero attached hydrogens (tertiary/aromatic N) is 4. The fraction of sp³-hybridized carbons (Fsp3) is 0.208. The van der Waals surface area contributed by atoms with E-state index in [1.54, 1.807) is 30.1 Å². The maximum Gasteiger partial charge on any atom is 0.261 e. The predicted octanol–water partition coefficient (Wildman–Crippen LogP) is 3.16. The Bertz CT molecular complexity index is 1310. The first-order chi connectivity index (χ1) is 15.6. The molecule has 8 nitrogen and oxygen atoms in total. The molecule has 1 saturated heterocycles. The van der Waals surface area contributed by atoms with Gasteiger partial charge in [-0.3, -0.25) is 4.79 Å². The highest BCUT2D eigenvalue weighted by atomic mass is 16.5. The molecule has 0 atom stereocenters. The van der Waals surface area contributed by atoms with Gasteiger partial charge in [0.2, 0.25) is 0 Å². The topological polar surface area (TPSA) is 98.3 Å². The minimum Gasteiger partial charge on any atom is -0.384 e. The smallest absolute Gasteiger partial charge is 0.261 e. The van der Waals surface area contributed by atoms with Crippen molar-refractivity contribution in [1.29, 1.82) is 0 Å². The molecule has 5 rings (SSSR count). The highest BCUT2D eigenvalue weighted by Crippen LogP contribution is 2.29. The number of nitrogens with one attached hydrogen (secondary N) is 1. The highest BCUT2D eigenvalue weighted by molar-refractivity contribution is 5.95. The second-order valence-corrected chi connectivity index (χ2v) is 7.80. The van der Waals surface area contributed by atoms with Crippen LogP contribution in [0.25, 0.3) is 22.0 Å². The Labute approximate surface area is 185 Å². The molecule has 0 saturated carbocycles. The van der Waals surface area contributed by atoms with Gasteiger partial charge in [-0.25, -0.2) is 9.97 Å². The number of aromatic nitrogens is 3. The molecule has 4 heterocycles. The van der Waals surface area contributed by atoms with E-state index in [2.05, 4.69) is 27.3 Å². The number of morpholine rings is 1. The SMILES string of the molecule is Cn1ccc2cc(-c3ccc(N)nc3)nc(Nc3ccc(N4CCOCC4)cc3)c2c1=O. The molecule has 0 radical (unpaired) electrons. The van der Waals surface area contributed by atoms with Crippen LogP contribution >= 0.6 is 0 Å². The van der Waals surface area contributed by atoms with Crippen LogP contribution in [0, 0.1) is 0 Å². The summed E-state index contributed by atoms with van der Waals surface area (Å²) in [7, 11) is 1.74. The molecule has 0 unspecified atom stereocenters.